The number of hydrogen-bond donors (Lipinski definition) is 2. The van der Waals surface area contributed by atoms with Crippen molar-refractivity contribution in [2.24, 2.45) is 5.73 Å². The van der Waals surface area contributed by atoms with Crippen LogP contribution < -0.4 is 16.0 Å². The number of amides is 1. The van der Waals surface area contributed by atoms with Crippen LogP contribution in [0, 0.1) is 0 Å². The Hall–Kier alpha value is -2.48. The van der Waals surface area contributed by atoms with Crippen LogP contribution in [0.3, 0.4) is 0 Å². The zero-order valence-electron chi connectivity index (χ0n) is 10.8. The monoisotopic (exact) mass is 273 g/mol. The summed E-state index contributed by atoms with van der Waals surface area (Å²) in [4.78, 5) is 26.1. The van der Waals surface area contributed by atoms with Crippen LogP contribution in [0.1, 0.15) is 0 Å². The molecule has 0 aromatic carbocycles. The molecule has 0 radical (unpaired) electrons. The molecule has 2 aromatic rings. The number of primary amides is 1. The van der Waals surface area contributed by atoms with Crippen LogP contribution in [0.25, 0.3) is 5.95 Å². The van der Waals surface area contributed by atoms with E-state index >= 15 is 0 Å². The molecule has 20 heavy (non-hydrogen) atoms. The van der Waals surface area contributed by atoms with Gasteiger partial charge in [0, 0.05) is 38.2 Å². The first-order valence-electron chi connectivity index (χ1n) is 6.34. The van der Waals surface area contributed by atoms with Gasteiger partial charge in [-0.2, -0.15) is 4.98 Å². The van der Waals surface area contributed by atoms with Gasteiger partial charge in [0.2, 0.25) is 11.9 Å². The number of aromatic nitrogens is 4. The second-order valence-corrected chi connectivity index (χ2v) is 4.50. The molecule has 0 spiro atoms. The quantitative estimate of drug-likeness (QED) is 0.738. The molecule has 0 aliphatic carbocycles. The Morgan fingerprint density at radius 1 is 1.45 bits per heavy atom. The minimum absolute atomic E-state index is 0.361. The molecule has 3 rings (SSSR count). The standard InChI is InChI=1S/C12H15N7O/c13-11(20)9-7-14-4-6-19(9)10-1-2-16-12(17-10)18-5-3-15-8-18/h1-3,5,8-9,14H,4,6-7H2,(H2,13,20). The Morgan fingerprint density at radius 2 is 2.35 bits per heavy atom. The fourth-order valence-electron chi connectivity index (χ4n) is 2.23. The summed E-state index contributed by atoms with van der Waals surface area (Å²) < 4.78 is 1.71. The highest BCUT2D eigenvalue weighted by atomic mass is 16.1. The van der Waals surface area contributed by atoms with Gasteiger partial charge in [-0.15, -0.1) is 0 Å². The maximum absolute atomic E-state index is 11.5. The highest BCUT2D eigenvalue weighted by molar-refractivity contribution is 5.83. The van der Waals surface area contributed by atoms with Crippen LogP contribution in [-0.4, -0.2) is 51.1 Å². The van der Waals surface area contributed by atoms with Gasteiger partial charge < -0.3 is 16.0 Å². The number of anilines is 1. The zero-order chi connectivity index (χ0) is 13.9. The molecular formula is C12H15N7O. The summed E-state index contributed by atoms with van der Waals surface area (Å²) in [6, 6.07) is 1.39. The number of piperazine rings is 1. The van der Waals surface area contributed by atoms with Crippen molar-refractivity contribution < 1.29 is 4.79 Å². The molecule has 0 saturated carbocycles. The van der Waals surface area contributed by atoms with Gasteiger partial charge in [-0.25, -0.2) is 9.97 Å². The Balaban J connectivity index is 1.93. The average molecular weight is 273 g/mol. The molecule has 1 unspecified atom stereocenters. The number of carbonyl (C=O) groups is 1. The van der Waals surface area contributed by atoms with Crippen LogP contribution in [0.4, 0.5) is 5.82 Å². The molecule has 8 nitrogen and oxygen atoms in total. The predicted molar refractivity (Wildman–Crippen MR) is 72.4 cm³/mol. The van der Waals surface area contributed by atoms with Crippen molar-refractivity contribution >= 4 is 11.7 Å². The SMILES string of the molecule is NC(=O)C1CNCCN1c1ccnc(-n2ccnc2)n1. The summed E-state index contributed by atoms with van der Waals surface area (Å²) in [5.41, 5.74) is 5.45. The second-order valence-electron chi connectivity index (χ2n) is 4.50. The maximum atomic E-state index is 11.5. The van der Waals surface area contributed by atoms with Crippen LogP contribution in [0.2, 0.25) is 0 Å². The molecule has 1 saturated heterocycles. The van der Waals surface area contributed by atoms with Gasteiger partial charge in [0.15, 0.2) is 0 Å². The zero-order valence-corrected chi connectivity index (χ0v) is 10.8. The van der Waals surface area contributed by atoms with E-state index in [0.717, 1.165) is 6.54 Å². The van der Waals surface area contributed by atoms with Crippen molar-refractivity contribution in [2.45, 2.75) is 6.04 Å². The lowest BCUT2D eigenvalue weighted by Crippen LogP contribution is -2.57. The van der Waals surface area contributed by atoms with Crippen LogP contribution in [-0.2, 0) is 4.79 Å². The maximum Gasteiger partial charge on any atom is 0.241 e. The Morgan fingerprint density at radius 3 is 3.10 bits per heavy atom. The molecule has 0 bridgehead atoms. The molecule has 1 atom stereocenters. The van der Waals surface area contributed by atoms with Crippen molar-refractivity contribution in [3.05, 3.63) is 31.0 Å². The van der Waals surface area contributed by atoms with Gasteiger partial charge in [-0.05, 0) is 6.07 Å². The molecule has 2 aromatic heterocycles. The van der Waals surface area contributed by atoms with Gasteiger partial charge in [0.1, 0.15) is 18.2 Å². The van der Waals surface area contributed by atoms with Gasteiger partial charge in [0.25, 0.3) is 0 Å². The van der Waals surface area contributed by atoms with Crippen molar-refractivity contribution in [3.63, 3.8) is 0 Å². The summed E-state index contributed by atoms with van der Waals surface area (Å²) in [5.74, 6) is 0.843. The molecule has 8 heteroatoms. The first kappa shape index (κ1) is 12.5. The van der Waals surface area contributed by atoms with E-state index in [2.05, 4.69) is 20.3 Å². The number of hydrogen-bond acceptors (Lipinski definition) is 6. The normalized spacial score (nSPS) is 19.0. The summed E-state index contributed by atoms with van der Waals surface area (Å²) in [6.07, 6.45) is 6.72. The van der Waals surface area contributed by atoms with Crippen LogP contribution in [0.5, 0.6) is 0 Å². The second kappa shape index (κ2) is 5.25. The lowest BCUT2D eigenvalue weighted by molar-refractivity contribution is -0.119. The third-order valence-electron chi connectivity index (χ3n) is 3.23. The number of nitrogens with two attached hydrogens (primary N) is 1. The van der Waals surface area contributed by atoms with Crippen molar-refractivity contribution in [1.82, 2.24) is 24.8 Å². The van der Waals surface area contributed by atoms with Gasteiger partial charge in [-0.3, -0.25) is 9.36 Å². The minimum Gasteiger partial charge on any atom is -0.368 e. The molecule has 1 aliphatic heterocycles. The molecule has 3 N–H and O–H groups in total. The van der Waals surface area contributed by atoms with E-state index in [1.54, 1.807) is 35.6 Å². The van der Waals surface area contributed by atoms with E-state index in [1.165, 1.54) is 0 Å². The van der Waals surface area contributed by atoms with Crippen molar-refractivity contribution in [3.8, 4) is 5.95 Å². The lowest BCUT2D eigenvalue weighted by Gasteiger charge is -2.35. The first-order valence-corrected chi connectivity index (χ1v) is 6.34. The predicted octanol–water partition coefficient (Wildman–Crippen LogP) is -1.07. The fraction of sp³-hybridized carbons (Fsp3) is 0.333. The Kier molecular flexibility index (Phi) is 3.30. The average Bonchev–Trinajstić information content (AvgIpc) is 3.01. The molecule has 1 fully saturated rings. The van der Waals surface area contributed by atoms with E-state index in [4.69, 9.17) is 5.73 Å². The molecule has 104 valence electrons. The van der Waals surface area contributed by atoms with Gasteiger partial charge in [-0.1, -0.05) is 0 Å². The fourth-order valence-corrected chi connectivity index (χ4v) is 2.23. The van der Waals surface area contributed by atoms with Gasteiger partial charge in [0.05, 0.1) is 0 Å². The lowest BCUT2D eigenvalue weighted by atomic mass is 10.2. The van der Waals surface area contributed by atoms with Crippen LogP contribution in [0.15, 0.2) is 31.0 Å². The number of nitrogens with zero attached hydrogens (tertiary/aromatic N) is 5. The highest BCUT2D eigenvalue weighted by Gasteiger charge is 2.28. The van der Waals surface area contributed by atoms with Crippen molar-refractivity contribution in [1.29, 1.82) is 0 Å². The topological polar surface area (TPSA) is 102 Å². The number of rotatable bonds is 3. The third kappa shape index (κ3) is 2.32. The first-order chi connectivity index (χ1) is 9.75. The van der Waals surface area contributed by atoms with E-state index in [1.807, 2.05) is 4.90 Å². The molecule has 1 amide bonds. The van der Waals surface area contributed by atoms with E-state index < -0.39 is 6.04 Å². The Bertz CT molecular complexity index is 598. The minimum atomic E-state index is -0.394. The Labute approximate surface area is 115 Å². The largest absolute Gasteiger partial charge is 0.368 e. The number of imidazole rings is 1. The molecular weight excluding hydrogens is 258 g/mol. The van der Waals surface area contributed by atoms with Crippen LogP contribution >= 0.6 is 0 Å². The summed E-state index contributed by atoms with van der Waals surface area (Å²) in [7, 11) is 0. The molecule has 3 heterocycles. The van der Waals surface area contributed by atoms with E-state index in [-0.39, 0.29) is 5.91 Å². The van der Waals surface area contributed by atoms with E-state index in [9.17, 15) is 4.79 Å². The highest BCUT2D eigenvalue weighted by Crippen LogP contribution is 2.16. The summed E-state index contributed by atoms with van der Waals surface area (Å²) in [5, 5.41) is 3.16. The molecule has 1 aliphatic rings. The van der Waals surface area contributed by atoms with Gasteiger partial charge >= 0.3 is 0 Å². The van der Waals surface area contributed by atoms with Crippen molar-refractivity contribution in [2.75, 3.05) is 24.5 Å². The third-order valence-corrected chi connectivity index (χ3v) is 3.23. The summed E-state index contributed by atoms with van der Waals surface area (Å²) in [6.45, 7) is 1.99. The van der Waals surface area contributed by atoms with E-state index in [0.29, 0.717) is 24.9 Å². The summed E-state index contributed by atoms with van der Waals surface area (Å²) >= 11 is 0. The smallest absolute Gasteiger partial charge is 0.241 e. The number of nitrogens with one attached hydrogen (secondary N) is 1. The number of carbonyl (C=O) groups excluding carboxylic acids is 1.